The van der Waals surface area contributed by atoms with E-state index in [1.165, 1.54) is 20.1 Å². The summed E-state index contributed by atoms with van der Waals surface area (Å²) in [7, 11) is 1.24. The summed E-state index contributed by atoms with van der Waals surface area (Å²) in [6, 6.07) is 3.22. The summed E-state index contributed by atoms with van der Waals surface area (Å²) in [5, 5.41) is 0. The molecule has 4 nitrogen and oxygen atoms in total. The topological polar surface area (TPSA) is 61.5 Å². The molecule has 2 atom stereocenters. The first-order chi connectivity index (χ1) is 8.76. The lowest BCUT2D eigenvalue weighted by molar-refractivity contribution is -0.147. The highest BCUT2D eigenvalue weighted by molar-refractivity contribution is 5.79. The average molecular weight is 273 g/mol. The number of hydrogen-bond donors (Lipinski definition) is 1. The Kier molecular flexibility index (Phi) is 4.83. The van der Waals surface area contributed by atoms with Crippen LogP contribution in [0.15, 0.2) is 18.2 Å². The van der Waals surface area contributed by atoms with Crippen molar-refractivity contribution in [2.24, 2.45) is 5.73 Å². The summed E-state index contributed by atoms with van der Waals surface area (Å²) in [4.78, 5) is 11.4. The SMILES string of the molecule is COC(=O)C(C)(N)CC(C)Oc1ccc(F)c(F)c1. The highest BCUT2D eigenvalue weighted by Gasteiger charge is 2.32. The molecule has 0 aliphatic heterocycles. The van der Waals surface area contributed by atoms with Crippen molar-refractivity contribution >= 4 is 5.97 Å². The molecule has 1 aromatic carbocycles. The predicted molar refractivity (Wildman–Crippen MR) is 65.7 cm³/mol. The minimum absolute atomic E-state index is 0.173. The van der Waals surface area contributed by atoms with Gasteiger partial charge >= 0.3 is 5.97 Å². The molecule has 0 fully saturated rings. The standard InChI is InChI=1S/C13H17F2NO3/c1-8(7-13(2,16)12(17)18-3)19-9-4-5-10(14)11(15)6-9/h4-6,8H,7,16H2,1-3H3. The predicted octanol–water partition coefficient (Wildman–Crippen LogP) is 2.01. The van der Waals surface area contributed by atoms with Crippen LogP contribution in [0, 0.1) is 11.6 Å². The van der Waals surface area contributed by atoms with E-state index in [-0.39, 0.29) is 12.2 Å². The van der Waals surface area contributed by atoms with Crippen LogP contribution < -0.4 is 10.5 Å². The van der Waals surface area contributed by atoms with Gasteiger partial charge in [0.25, 0.3) is 0 Å². The van der Waals surface area contributed by atoms with E-state index >= 15 is 0 Å². The Morgan fingerprint density at radius 2 is 2.05 bits per heavy atom. The molecular weight excluding hydrogens is 256 g/mol. The van der Waals surface area contributed by atoms with Crippen LogP contribution in [-0.2, 0) is 9.53 Å². The van der Waals surface area contributed by atoms with Crippen LogP contribution in [0.4, 0.5) is 8.78 Å². The number of methoxy groups -OCH3 is 1. The van der Waals surface area contributed by atoms with Gasteiger partial charge in [-0.3, -0.25) is 4.79 Å². The molecule has 0 aromatic heterocycles. The second-order valence-corrected chi connectivity index (χ2v) is 4.62. The average Bonchev–Trinajstić information content (AvgIpc) is 2.32. The van der Waals surface area contributed by atoms with E-state index in [2.05, 4.69) is 4.74 Å². The maximum absolute atomic E-state index is 13.0. The third kappa shape index (κ3) is 4.17. The molecule has 6 heteroatoms. The Bertz CT molecular complexity index is 463. The van der Waals surface area contributed by atoms with Gasteiger partial charge in [-0.05, 0) is 26.0 Å². The van der Waals surface area contributed by atoms with Crippen molar-refractivity contribution in [2.75, 3.05) is 7.11 Å². The van der Waals surface area contributed by atoms with Gasteiger partial charge < -0.3 is 15.2 Å². The molecule has 0 aliphatic rings. The molecule has 0 spiro atoms. The fraction of sp³-hybridized carbons (Fsp3) is 0.462. The monoisotopic (exact) mass is 273 g/mol. The van der Waals surface area contributed by atoms with Crippen molar-refractivity contribution in [3.05, 3.63) is 29.8 Å². The van der Waals surface area contributed by atoms with Gasteiger partial charge in [-0.25, -0.2) is 8.78 Å². The van der Waals surface area contributed by atoms with Crippen molar-refractivity contribution in [2.45, 2.75) is 31.9 Å². The fourth-order valence-electron chi connectivity index (χ4n) is 1.74. The Morgan fingerprint density at radius 3 is 2.58 bits per heavy atom. The molecule has 0 heterocycles. The maximum Gasteiger partial charge on any atom is 0.325 e. The van der Waals surface area contributed by atoms with Crippen molar-refractivity contribution in [3.8, 4) is 5.75 Å². The zero-order valence-corrected chi connectivity index (χ0v) is 11.1. The highest BCUT2D eigenvalue weighted by Crippen LogP contribution is 2.20. The summed E-state index contributed by atoms with van der Waals surface area (Å²) in [6.07, 6.45) is -0.280. The number of halogens is 2. The van der Waals surface area contributed by atoms with Crippen molar-refractivity contribution < 1.29 is 23.0 Å². The minimum atomic E-state index is -1.20. The van der Waals surface area contributed by atoms with Crippen LogP contribution in [0.3, 0.4) is 0 Å². The molecule has 2 N–H and O–H groups in total. The Morgan fingerprint density at radius 1 is 1.42 bits per heavy atom. The summed E-state index contributed by atoms with van der Waals surface area (Å²) in [5.74, 6) is -2.33. The van der Waals surface area contributed by atoms with Crippen LogP contribution in [0.2, 0.25) is 0 Å². The van der Waals surface area contributed by atoms with Crippen LogP contribution in [-0.4, -0.2) is 24.7 Å². The van der Waals surface area contributed by atoms with Crippen LogP contribution >= 0.6 is 0 Å². The summed E-state index contributed by atoms with van der Waals surface area (Å²) >= 11 is 0. The van der Waals surface area contributed by atoms with Crippen molar-refractivity contribution in [1.82, 2.24) is 0 Å². The van der Waals surface area contributed by atoms with E-state index in [4.69, 9.17) is 10.5 Å². The Labute approximate surface area is 110 Å². The normalized spacial score (nSPS) is 15.5. The maximum atomic E-state index is 13.0. The highest BCUT2D eigenvalue weighted by atomic mass is 19.2. The number of nitrogens with two attached hydrogens (primary N) is 1. The van der Waals surface area contributed by atoms with Crippen LogP contribution in [0.1, 0.15) is 20.3 Å². The number of rotatable bonds is 5. The van der Waals surface area contributed by atoms with Gasteiger partial charge in [-0.15, -0.1) is 0 Å². The van der Waals surface area contributed by atoms with Crippen molar-refractivity contribution in [3.63, 3.8) is 0 Å². The van der Waals surface area contributed by atoms with E-state index in [1.54, 1.807) is 6.92 Å². The van der Waals surface area contributed by atoms with Gasteiger partial charge in [0.15, 0.2) is 11.6 Å². The number of carbonyl (C=O) groups is 1. The van der Waals surface area contributed by atoms with E-state index in [0.717, 1.165) is 12.1 Å². The number of ether oxygens (including phenoxy) is 2. The molecule has 0 saturated carbocycles. The van der Waals surface area contributed by atoms with E-state index < -0.39 is 29.2 Å². The van der Waals surface area contributed by atoms with Gasteiger partial charge in [0.2, 0.25) is 0 Å². The molecule has 106 valence electrons. The number of hydrogen-bond acceptors (Lipinski definition) is 4. The quantitative estimate of drug-likeness (QED) is 0.834. The second kappa shape index (κ2) is 5.97. The molecule has 0 amide bonds. The fourth-order valence-corrected chi connectivity index (χ4v) is 1.74. The lowest BCUT2D eigenvalue weighted by Crippen LogP contribution is -2.48. The molecule has 0 radical (unpaired) electrons. The lowest BCUT2D eigenvalue weighted by Gasteiger charge is -2.25. The molecule has 0 saturated heterocycles. The van der Waals surface area contributed by atoms with E-state index in [0.29, 0.717) is 0 Å². The molecule has 0 bridgehead atoms. The molecular formula is C13H17F2NO3. The van der Waals surface area contributed by atoms with Gasteiger partial charge in [0.05, 0.1) is 13.2 Å². The van der Waals surface area contributed by atoms with Crippen molar-refractivity contribution in [1.29, 1.82) is 0 Å². The first kappa shape index (κ1) is 15.4. The zero-order valence-electron chi connectivity index (χ0n) is 11.1. The van der Waals surface area contributed by atoms with Gasteiger partial charge in [0, 0.05) is 12.5 Å². The first-order valence-corrected chi connectivity index (χ1v) is 5.75. The Hall–Kier alpha value is -1.69. The van der Waals surface area contributed by atoms with E-state index in [1.807, 2.05) is 0 Å². The zero-order chi connectivity index (χ0) is 14.6. The molecule has 1 rings (SSSR count). The smallest absolute Gasteiger partial charge is 0.325 e. The summed E-state index contributed by atoms with van der Waals surface area (Å²) < 4.78 is 35.7. The summed E-state index contributed by atoms with van der Waals surface area (Å²) in [5.41, 5.74) is 4.59. The van der Waals surface area contributed by atoms with Gasteiger partial charge in [0.1, 0.15) is 11.3 Å². The molecule has 1 aromatic rings. The third-order valence-electron chi connectivity index (χ3n) is 2.59. The summed E-state index contributed by atoms with van der Waals surface area (Å²) in [6.45, 7) is 3.19. The second-order valence-electron chi connectivity index (χ2n) is 4.62. The first-order valence-electron chi connectivity index (χ1n) is 5.75. The number of benzene rings is 1. The number of carbonyl (C=O) groups excluding carboxylic acids is 1. The third-order valence-corrected chi connectivity index (χ3v) is 2.59. The van der Waals surface area contributed by atoms with Crippen LogP contribution in [0.5, 0.6) is 5.75 Å². The van der Waals surface area contributed by atoms with Crippen LogP contribution in [0.25, 0.3) is 0 Å². The molecule has 2 unspecified atom stereocenters. The Balaban J connectivity index is 2.67. The van der Waals surface area contributed by atoms with Gasteiger partial charge in [-0.2, -0.15) is 0 Å². The lowest BCUT2D eigenvalue weighted by atomic mass is 9.96. The molecule has 0 aliphatic carbocycles. The van der Waals surface area contributed by atoms with Gasteiger partial charge in [-0.1, -0.05) is 0 Å². The minimum Gasteiger partial charge on any atom is -0.491 e. The largest absolute Gasteiger partial charge is 0.491 e. The molecule has 19 heavy (non-hydrogen) atoms. The number of esters is 1. The van der Waals surface area contributed by atoms with E-state index in [9.17, 15) is 13.6 Å².